The Morgan fingerprint density at radius 3 is 2.72 bits per heavy atom. The van der Waals surface area contributed by atoms with E-state index in [1.54, 1.807) is 43.5 Å². The normalized spacial score (nSPS) is 19.5. The van der Waals surface area contributed by atoms with Crippen LogP contribution in [0.1, 0.15) is 67.6 Å². The molecule has 1 amide bonds. The second-order valence-electron chi connectivity index (χ2n) is 13.1. The lowest BCUT2D eigenvalue weighted by molar-refractivity contribution is -0.126. The zero-order valence-corrected chi connectivity index (χ0v) is 26.4. The number of Topliss-reactive ketones (excluding diaryl/α,β-unsaturated/α-hetero) is 1. The average Bonchev–Trinajstić information content (AvgIpc) is 3.60. The molecule has 9 heteroatoms. The summed E-state index contributed by atoms with van der Waals surface area (Å²) in [7, 11) is 0. The van der Waals surface area contributed by atoms with Gasteiger partial charge in [0, 0.05) is 41.2 Å². The first-order valence-electron chi connectivity index (χ1n) is 16.0. The highest BCUT2D eigenvalue weighted by atomic mass is 19.1. The molecule has 1 fully saturated rings. The maximum absolute atomic E-state index is 13.9. The van der Waals surface area contributed by atoms with Crippen molar-refractivity contribution in [1.82, 2.24) is 15.3 Å². The monoisotopic (exact) mass is 633 g/mol. The van der Waals surface area contributed by atoms with Crippen LogP contribution in [-0.4, -0.2) is 46.0 Å². The third kappa shape index (κ3) is 6.15. The number of aromatic nitrogens is 2. The van der Waals surface area contributed by atoms with E-state index in [1.807, 2.05) is 37.3 Å². The van der Waals surface area contributed by atoms with Crippen LogP contribution in [0.25, 0.3) is 22.2 Å². The molecule has 47 heavy (non-hydrogen) atoms. The van der Waals surface area contributed by atoms with Gasteiger partial charge in [-0.2, -0.15) is 0 Å². The average molecular weight is 634 g/mol. The minimum Gasteiger partial charge on any atom is -0.489 e. The molecule has 1 aliphatic heterocycles. The van der Waals surface area contributed by atoms with Crippen LogP contribution >= 0.6 is 0 Å². The van der Waals surface area contributed by atoms with Gasteiger partial charge in [0.2, 0.25) is 5.91 Å². The highest BCUT2D eigenvalue weighted by Gasteiger charge is 2.46. The summed E-state index contributed by atoms with van der Waals surface area (Å²) in [5.41, 5.74) is 1.52. The quantitative estimate of drug-likeness (QED) is 0.182. The largest absolute Gasteiger partial charge is 0.489 e. The van der Waals surface area contributed by atoms with Crippen LogP contribution in [0.2, 0.25) is 0 Å². The number of hydrogen-bond acceptors (Lipinski definition) is 7. The molecule has 3 heterocycles. The van der Waals surface area contributed by atoms with Crippen LogP contribution < -0.4 is 14.8 Å². The van der Waals surface area contributed by atoms with Gasteiger partial charge in [0.05, 0.1) is 11.8 Å². The third-order valence-corrected chi connectivity index (χ3v) is 9.22. The van der Waals surface area contributed by atoms with E-state index >= 15 is 0 Å². The van der Waals surface area contributed by atoms with Gasteiger partial charge in [-0.1, -0.05) is 24.3 Å². The highest BCUT2D eigenvalue weighted by molar-refractivity contribution is 6.01. The second-order valence-corrected chi connectivity index (χ2v) is 13.1. The summed E-state index contributed by atoms with van der Waals surface area (Å²) < 4.78 is 26.1. The minimum absolute atomic E-state index is 0.0314. The SMILES string of the molecule is C[C@](O)(CCC(=O)c1cc(OC2CC2)c2ncccc2c1)c1cc2c(c(-c3ccc(F)cc3)n1)OC[C@]2(C)C(=O)NCC1=CC=CC1. The number of nitrogens with one attached hydrogen (secondary N) is 1. The second kappa shape index (κ2) is 12.0. The third-order valence-electron chi connectivity index (χ3n) is 9.22. The van der Waals surface area contributed by atoms with Crippen molar-refractivity contribution in [3.05, 3.63) is 107 Å². The van der Waals surface area contributed by atoms with Crippen molar-refractivity contribution in [2.45, 2.75) is 63.1 Å². The molecule has 0 radical (unpaired) electrons. The zero-order valence-electron chi connectivity index (χ0n) is 26.4. The van der Waals surface area contributed by atoms with Crippen molar-refractivity contribution in [3.8, 4) is 22.8 Å². The standard InChI is InChI=1S/C38H36FN3O5/c1-37(36(44)41-21-23-6-3-4-7-23)22-46-35-29(37)20-32(42-34(35)24-9-11-27(39)12-10-24)38(2,45)16-15-30(43)26-18-25-8-5-17-40-33(25)31(19-26)47-28-13-14-28/h3-6,8-12,17-20,28,45H,7,13-16,21-22H2,1-2H3,(H,41,44)/t37-,38-/m0/s1. The van der Waals surface area contributed by atoms with E-state index in [2.05, 4.69) is 10.3 Å². The molecule has 2 aliphatic carbocycles. The predicted molar refractivity (Wildman–Crippen MR) is 176 cm³/mol. The lowest BCUT2D eigenvalue weighted by Crippen LogP contribution is -2.44. The summed E-state index contributed by atoms with van der Waals surface area (Å²) in [4.78, 5) is 36.5. The molecule has 0 spiro atoms. The number of halogens is 1. The number of fused-ring (bicyclic) bond motifs is 2. The molecular formula is C38H36FN3O5. The Labute approximate surface area is 272 Å². The van der Waals surface area contributed by atoms with Gasteiger partial charge in [0.15, 0.2) is 5.78 Å². The number of nitrogens with zero attached hydrogens (tertiary/aromatic N) is 2. The van der Waals surface area contributed by atoms with Gasteiger partial charge in [-0.15, -0.1) is 0 Å². The van der Waals surface area contributed by atoms with Crippen molar-refractivity contribution < 1.29 is 28.6 Å². The summed E-state index contributed by atoms with van der Waals surface area (Å²) >= 11 is 0. The van der Waals surface area contributed by atoms with Crippen molar-refractivity contribution in [1.29, 1.82) is 0 Å². The number of ether oxygens (including phenoxy) is 2. The Morgan fingerprint density at radius 1 is 1.17 bits per heavy atom. The molecule has 0 bridgehead atoms. The summed E-state index contributed by atoms with van der Waals surface area (Å²) in [5.74, 6) is 0.238. The number of amides is 1. The maximum Gasteiger partial charge on any atom is 0.234 e. The summed E-state index contributed by atoms with van der Waals surface area (Å²) in [6.45, 7) is 3.91. The van der Waals surface area contributed by atoms with Crippen molar-refractivity contribution in [3.63, 3.8) is 0 Å². The first-order chi connectivity index (χ1) is 22.6. The van der Waals surface area contributed by atoms with E-state index in [0.29, 0.717) is 45.9 Å². The van der Waals surface area contributed by atoms with Gasteiger partial charge in [-0.3, -0.25) is 14.6 Å². The number of hydrogen-bond donors (Lipinski definition) is 2. The fraction of sp³-hybridized carbons (Fsp3) is 0.316. The predicted octanol–water partition coefficient (Wildman–Crippen LogP) is 6.50. The van der Waals surface area contributed by atoms with Crippen molar-refractivity contribution in [2.75, 3.05) is 13.2 Å². The number of carbonyl (C=O) groups is 2. The van der Waals surface area contributed by atoms with E-state index in [9.17, 15) is 19.1 Å². The first-order valence-corrected chi connectivity index (χ1v) is 16.0. The number of benzene rings is 2. The Kier molecular flexibility index (Phi) is 7.88. The molecule has 0 saturated heterocycles. The Bertz CT molecular complexity index is 1950. The molecule has 240 valence electrons. The van der Waals surface area contributed by atoms with Crippen LogP contribution in [0, 0.1) is 5.82 Å². The van der Waals surface area contributed by atoms with E-state index in [1.165, 1.54) is 12.1 Å². The van der Waals surface area contributed by atoms with Gasteiger partial charge in [0.25, 0.3) is 0 Å². The summed E-state index contributed by atoms with van der Waals surface area (Å²) in [6, 6.07) is 14.8. The Balaban J connectivity index is 1.19. The molecule has 2 atom stereocenters. The van der Waals surface area contributed by atoms with Gasteiger partial charge >= 0.3 is 0 Å². The number of rotatable bonds is 11. The number of carbonyl (C=O) groups excluding carboxylic acids is 2. The van der Waals surface area contributed by atoms with Gasteiger partial charge in [-0.05, 0) is 93.6 Å². The molecule has 0 unspecified atom stereocenters. The highest BCUT2D eigenvalue weighted by Crippen LogP contribution is 2.46. The molecule has 1 saturated carbocycles. The molecule has 2 N–H and O–H groups in total. The number of aliphatic hydroxyl groups is 1. The van der Waals surface area contributed by atoms with E-state index in [0.717, 1.165) is 30.2 Å². The van der Waals surface area contributed by atoms with Crippen LogP contribution in [0.15, 0.2) is 84.6 Å². The lowest BCUT2D eigenvalue weighted by atomic mass is 9.81. The van der Waals surface area contributed by atoms with E-state index in [4.69, 9.17) is 14.5 Å². The summed E-state index contributed by atoms with van der Waals surface area (Å²) in [6.07, 6.45) is 10.7. The Hall–Kier alpha value is -4.89. The van der Waals surface area contributed by atoms with Crippen LogP contribution in [-0.2, 0) is 15.8 Å². The molecule has 2 aromatic carbocycles. The Morgan fingerprint density at radius 2 is 1.98 bits per heavy atom. The molecule has 3 aliphatic rings. The number of ketones is 1. The summed E-state index contributed by atoms with van der Waals surface area (Å²) in [5, 5.41) is 15.7. The molecule has 2 aromatic heterocycles. The van der Waals surface area contributed by atoms with Crippen LogP contribution in [0.5, 0.6) is 11.5 Å². The van der Waals surface area contributed by atoms with Crippen molar-refractivity contribution in [2.24, 2.45) is 0 Å². The molecule has 8 nitrogen and oxygen atoms in total. The lowest BCUT2D eigenvalue weighted by Gasteiger charge is -2.27. The fourth-order valence-corrected chi connectivity index (χ4v) is 6.07. The topological polar surface area (TPSA) is 111 Å². The van der Waals surface area contributed by atoms with Gasteiger partial charge < -0.3 is 19.9 Å². The number of allylic oxidation sites excluding steroid dienone is 3. The molecular weight excluding hydrogens is 597 g/mol. The van der Waals surface area contributed by atoms with Gasteiger partial charge in [-0.25, -0.2) is 9.37 Å². The van der Waals surface area contributed by atoms with Crippen LogP contribution in [0.4, 0.5) is 4.39 Å². The van der Waals surface area contributed by atoms with Crippen LogP contribution in [0.3, 0.4) is 0 Å². The van der Waals surface area contributed by atoms with E-state index < -0.39 is 16.8 Å². The van der Waals surface area contributed by atoms with Crippen molar-refractivity contribution >= 4 is 22.6 Å². The zero-order chi connectivity index (χ0) is 32.8. The molecule has 7 rings (SSSR count). The maximum atomic E-state index is 13.9. The smallest absolute Gasteiger partial charge is 0.234 e. The first kappa shape index (κ1) is 30.7. The molecule has 4 aromatic rings. The van der Waals surface area contributed by atoms with E-state index in [-0.39, 0.29) is 42.9 Å². The number of pyridine rings is 2. The van der Waals surface area contributed by atoms with Gasteiger partial charge in [0.1, 0.15) is 46.1 Å². The fourth-order valence-electron chi connectivity index (χ4n) is 6.07. The minimum atomic E-state index is -1.55.